The minimum Gasteiger partial charge on any atom is -0.478 e. The number of hydrazone groups is 2. The number of hydrogen-bond acceptors (Lipinski definition) is 6. The summed E-state index contributed by atoms with van der Waals surface area (Å²) in [6.07, 6.45) is 2.17. The topological polar surface area (TPSA) is 158 Å². The maximum atomic E-state index is 11.6. The van der Waals surface area contributed by atoms with Crippen molar-refractivity contribution in [3.63, 3.8) is 0 Å². The van der Waals surface area contributed by atoms with Gasteiger partial charge in [0.1, 0.15) is 0 Å². The van der Waals surface area contributed by atoms with E-state index in [-0.39, 0.29) is 22.3 Å². The van der Waals surface area contributed by atoms with Crippen LogP contribution in [-0.2, 0) is 9.59 Å². The molecule has 2 rings (SSSR count). The summed E-state index contributed by atoms with van der Waals surface area (Å²) in [5, 5.41) is 25.1. The normalized spacial score (nSPS) is 10.7. The van der Waals surface area contributed by atoms with Crippen LogP contribution >= 0.6 is 0 Å². The predicted molar refractivity (Wildman–Crippen MR) is 98.3 cm³/mol. The summed E-state index contributed by atoms with van der Waals surface area (Å²) in [6.45, 7) is 0. The van der Waals surface area contributed by atoms with Crippen LogP contribution in [0.1, 0.15) is 31.8 Å². The average molecular weight is 382 g/mol. The fraction of sp³-hybridized carbons (Fsp3) is 0. The van der Waals surface area contributed by atoms with Crippen molar-refractivity contribution >= 4 is 36.2 Å². The molecular weight excluding hydrogens is 368 g/mol. The highest BCUT2D eigenvalue weighted by Gasteiger charge is 2.12. The summed E-state index contributed by atoms with van der Waals surface area (Å²) in [5.41, 5.74) is 4.29. The molecule has 0 saturated heterocycles. The van der Waals surface area contributed by atoms with Gasteiger partial charge in [0.05, 0.1) is 23.6 Å². The zero-order valence-electron chi connectivity index (χ0n) is 14.2. The van der Waals surface area contributed by atoms with Crippen LogP contribution in [0, 0.1) is 0 Å². The quantitative estimate of drug-likeness (QED) is 0.327. The number of amides is 2. The zero-order chi connectivity index (χ0) is 20.5. The summed E-state index contributed by atoms with van der Waals surface area (Å²) >= 11 is 0. The van der Waals surface area contributed by atoms with E-state index >= 15 is 0 Å². The van der Waals surface area contributed by atoms with Crippen molar-refractivity contribution in [3.8, 4) is 0 Å². The average Bonchev–Trinajstić information content (AvgIpc) is 2.68. The van der Waals surface area contributed by atoms with Gasteiger partial charge in [-0.25, -0.2) is 20.4 Å². The number of carboxylic acid groups (broad SMARTS) is 2. The number of carbonyl (C=O) groups excluding carboxylic acids is 2. The Balaban J connectivity index is 1.95. The monoisotopic (exact) mass is 382 g/mol. The van der Waals surface area contributed by atoms with Crippen LogP contribution < -0.4 is 10.9 Å². The third kappa shape index (κ3) is 5.33. The molecule has 0 atom stereocenters. The molecule has 0 aliphatic carbocycles. The summed E-state index contributed by atoms with van der Waals surface area (Å²) in [6, 6.07) is 11.9. The SMILES string of the molecule is O=C(N/N=C/c1ccccc1C(=O)O)C(=O)N/N=C/c1ccccc1C(=O)O. The number of nitrogens with one attached hydrogen (secondary N) is 2. The van der Waals surface area contributed by atoms with E-state index < -0.39 is 23.8 Å². The van der Waals surface area contributed by atoms with Crippen LogP contribution in [0.5, 0.6) is 0 Å². The molecule has 0 aliphatic rings. The maximum Gasteiger partial charge on any atom is 0.336 e. The van der Waals surface area contributed by atoms with Gasteiger partial charge in [0.2, 0.25) is 0 Å². The molecule has 0 radical (unpaired) electrons. The van der Waals surface area contributed by atoms with E-state index in [4.69, 9.17) is 10.2 Å². The Hall–Kier alpha value is -4.34. The zero-order valence-corrected chi connectivity index (χ0v) is 14.2. The van der Waals surface area contributed by atoms with Gasteiger partial charge in [0.15, 0.2) is 0 Å². The van der Waals surface area contributed by atoms with E-state index in [0.29, 0.717) is 0 Å². The Kier molecular flexibility index (Phi) is 6.69. The molecule has 0 spiro atoms. The first kappa shape index (κ1) is 20.0. The van der Waals surface area contributed by atoms with Crippen molar-refractivity contribution in [2.45, 2.75) is 0 Å². The molecule has 10 nitrogen and oxygen atoms in total. The molecule has 0 unspecified atom stereocenters. The Morgan fingerprint density at radius 3 is 1.39 bits per heavy atom. The second kappa shape index (κ2) is 9.38. The highest BCUT2D eigenvalue weighted by atomic mass is 16.4. The van der Waals surface area contributed by atoms with E-state index in [1.807, 2.05) is 10.9 Å². The molecular formula is C18H14N4O6. The molecule has 28 heavy (non-hydrogen) atoms. The van der Waals surface area contributed by atoms with Crippen molar-refractivity contribution in [3.05, 3.63) is 70.8 Å². The van der Waals surface area contributed by atoms with Gasteiger partial charge in [-0.1, -0.05) is 36.4 Å². The number of aromatic carboxylic acids is 2. The van der Waals surface area contributed by atoms with E-state index in [1.165, 1.54) is 36.4 Å². The predicted octanol–water partition coefficient (Wildman–Crippen LogP) is 0.683. The van der Waals surface area contributed by atoms with Crippen molar-refractivity contribution in [1.29, 1.82) is 0 Å². The van der Waals surface area contributed by atoms with Crippen LogP contribution in [0.2, 0.25) is 0 Å². The number of carbonyl (C=O) groups is 4. The molecule has 4 N–H and O–H groups in total. The Bertz CT molecular complexity index is 904. The molecule has 0 aromatic heterocycles. The molecule has 0 saturated carbocycles. The van der Waals surface area contributed by atoms with Gasteiger partial charge >= 0.3 is 23.8 Å². The minimum atomic E-state index is -1.16. The first-order valence-corrected chi connectivity index (χ1v) is 7.71. The molecule has 10 heteroatoms. The van der Waals surface area contributed by atoms with Crippen LogP contribution in [-0.4, -0.2) is 46.4 Å². The molecule has 2 aromatic rings. The lowest BCUT2D eigenvalue weighted by Gasteiger charge is -2.01. The van der Waals surface area contributed by atoms with Crippen LogP contribution in [0.15, 0.2) is 58.7 Å². The standard InChI is InChI=1S/C18H14N4O6/c23-15(21-19-9-11-5-1-3-7-13(11)17(25)26)16(24)22-20-10-12-6-2-4-8-14(12)18(27)28/h1-10H,(H,21,23)(H,22,24)(H,25,26)(H,27,28)/b19-9+,20-10+. The van der Waals surface area contributed by atoms with E-state index in [0.717, 1.165) is 12.4 Å². The van der Waals surface area contributed by atoms with Crippen LogP contribution in [0.25, 0.3) is 0 Å². The molecule has 0 bridgehead atoms. The number of nitrogens with zero attached hydrogens (tertiary/aromatic N) is 2. The van der Waals surface area contributed by atoms with Gasteiger partial charge in [0.25, 0.3) is 0 Å². The second-order valence-electron chi connectivity index (χ2n) is 5.18. The summed E-state index contributed by atoms with van der Waals surface area (Å²) in [7, 11) is 0. The first-order chi connectivity index (χ1) is 13.4. The van der Waals surface area contributed by atoms with Crippen molar-refractivity contribution in [2.24, 2.45) is 10.2 Å². The molecule has 2 aromatic carbocycles. The van der Waals surface area contributed by atoms with Gasteiger partial charge in [0, 0.05) is 11.1 Å². The first-order valence-electron chi connectivity index (χ1n) is 7.71. The van der Waals surface area contributed by atoms with E-state index in [9.17, 15) is 19.2 Å². The highest BCUT2D eigenvalue weighted by molar-refractivity contribution is 6.35. The number of hydrogen-bond donors (Lipinski definition) is 4. The second-order valence-corrected chi connectivity index (χ2v) is 5.18. The number of benzene rings is 2. The van der Waals surface area contributed by atoms with E-state index in [1.54, 1.807) is 12.1 Å². The van der Waals surface area contributed by atoms with Gasteiger partial charge in [-0.15, -0.1) is 0 Å². The molecule has 0 fully saturated rings. The lowest BCUT2D eigenvalue weighted by atomic mass is 10.1. The Morgan fingerprint density at radius 2 is 1.04 bits per heavy atom. The summed E-state index contributed by atoms with van der Waals surface area (Å²) in [4.78, 5) is 45.4. The molecule has 0 aliphatic heterocycles. The van der Waals surface area contributed by atoms with Gasteiger partial charge in [-0.2, -0.15) is 10.2 Å². The lowest BCUT2D eigenvalue weighted by molar-refractivity contribution is -0.139. The van der Waals surface area contributed by atoms with E-state index in [2.05, 4.69) is 10.2 Å². The van der Waals surface area contributed by atoms with Crippen molar-refractivity contribution < 1.29 is 29.4 Å². The van der Waals surface area contributed by atoms with Crippen LogP contribution in [0.3, 0.4) is 0 Å². The molecule has 0 heterocycles. The van der Waals surface area contributed by atoms with Crippen molar-refractivity contribution in [1.82, 2.24) is 10.9 Å². The van der Waals surface area contributed by atoms with Gasteiger partial charge in [-0.3, -0.25) is 9.59 Å². The van der Waals surface area contributed by atoms with Crippen LogP contribution in [0.4, 0.5) is 0 Å². The molecule has 2 amide bonds. The minimum absolute atomic E-state index is 0.0216. The number of carboxylic acids is 2. The smallest absolute Gasteiger partial charge is 0.336 e. The van der Waals surface area contributed by atoms with Gasteiger partial charge in [-0.05, 0) is 12.1 Å². The highest BCUT2D eigenvalue weighted by Crippen LogP contribution is 2.06. The van der Waals surface area contributed by atoms with Crippen molar-refractivity contribution in [2.75, 3.05) is 0 Å². The van der Waals surface area contributed by atoms with Gasteiger partial charge < -0.3 is 10.2 Å². The number of rotatable bonds is 6. The maximum absolute atomic E-state index is 11.6. The molecule has 142 valence electrons. The third-order valence-corrected chi connectivity index (χ3v) is 3.33. The fourth-order valence-electron chi connectivity index (χ4n) is 2.03. The lowest BCUT2D eigenvalue weighted by Crippen LogP contribution is -2.35. The Labute approximate surface area is 158 Å². The largest absolute Gasteiger partial charge is 0.478 e. The third-order valence-electron chi connectivity index (χ3n) is 3.33. The fourth-order valence-corrected chi connectivity index (χ4v) is 2.03. The summed E-state index contributed by atoms with van der Waals surface area (Å²) in [5.74, 6) is -4.62. The Morgan fingerprint density at radius 1 is 0.679 bits per heavy atom. The summed E-state index contributed by atoms with van der Waals surface area (Å²) < 4.78 is 0.